The first-order valence-electron chi connectivity index (χ1n) is 12.1. The van der Waals surface area contributed by atoms with E-state index >= 15 is 0 Å². The highest BCUT2D eigenvalue weighted by atomic mass is 32.2. The molecule has 0 bridgehead atoms. The summed E-state index contributed by atoms with van der Waals surface area (Å²) in [6, 6.07) is 22.5. The summed E-state index contributed by atoms with van der Waals surface area (Å²) < 4.78 is 11.5. The number of thiazole rings is 1. The molecule has 2 aliphatic rings. The number of anilines is 1. The summed E-state index contributed by atoms with van der Waals surface area (Å²) in [5.74, 6) is -0.512. The van der Waals surface area contributed by atoms with Crippen LogP contribution in [-0.2, 0) is 16.2 Å². The number of hydrogen-bond donors (Lipinski definition) is 1. The van der Waals surface area contributed by atoms with Gasteiger partial charge in [-0.05, 0) is 48.4 Å². The van der Waals surface area contributed by atoms with Gasteiger partial charge < -0.3 is 14.5 Å². The van der Waals surface area contributed by atoms with Crippen molar-refractivity contribution in [1.82, 2.24) is 4.98 Å². The Morgan fingerprint density at radius 2 is 1.66 bits per heavy atom. The molecule has 3 aromatic carbocycles. The maximum Gasteiger partial charge on any atom is 0.305 e. The molecule has 3 heterocycles. The molecule has 4 aromatic rings. The first kappa shape index (κ1) is 24.5. The standard InChI is InChI=1S/C29H24N2O5S2/c1-16-7-3-4-8-17(16)15-36-21-10-6-5-9-20(21)22-23-25(37-26-24(22)38-29(34)30-26)28(33)31(27(23)32)18-11-13-19(35-2)14-12-18/h3-14,22-23,25H,15H2,1-2H3,(H,30,34). The fourth-order valence-corrected chi connectivity index (χ4v) is 7.64. The molecule has 1 N–H and O–H groups in total. The van der Waals surface area contributed by atoms with Crippen molar-refractivity contribution < 1.29 is 19.1 Å². The van der Waals surface area contributed by atoms with Crippen LogP contribution in [-0.4, -0.2) is 29.2 Å². The smallest absolute Gasteiger partial charge is 0.305 e. The van der Waals surface area contributed by atoms with Gasteiger partial charge in [0.1, 0.15) is 23.4 Å². The summed E-state index contributed by atoms with van der Waals surface area (Å²) in [5.41, 5.74) is 3.46. The number of nitrogens with zero attached hydrogens (tertiary/aromatic N) is 1. The van der Waals surface area contributed by atoms with Crippen molar-refractivity contribution in [3.63, 3.8) is 0 Å². The number of carbonyl (C=O) groups excluding carboxylic acids is 2. The van der Waals surface area contributed by atoms with Crippen LogP contribution in [0.25, 0.3) is 0 Å². The average molecular weight is 545 g/mol. The van der Waals surface area contributed by atoms with E-state index in [1.165, 1.54) is 16.7 Å². The van der Waals surface area contributed by atoms with Crippen molar-refractivity contribution in [1.29, 1.82) is 0 Å². The van der Waals surface area contributed by atoms with Crippen molar-refractivity contribution in [2.45, 2.75) is 29.7 Å². The number of H-pyrrole nitrogens is 1. The first-order chi connectivity index (χ1) is 18.5. The van der Waals surface area contributed by atoms with Gasteiger partial charge in [0.25, 0.3) is 0 Å². The molecular formula is C29H24N2O5S2. The molecule has 38 heavy (non-hydrogen) atoms. The van der Waals surface area contributed by atoms with E-state index in [9.17, 15) is 14.4 Å². The number of methoxy groups -OCH3 is 1. The molecular weight excluding hydrogens is 520 g/mol. The number of carbonyl (C=O) groups is 2. The highest BCUT2D eigenvalue weighted by Gasteiger charge is 2.56. The number of rotatable bonds is 6. The van der Waals surface area contributed by atoms with E-state index in [1.54, 1.807) is 31.4 Å². The van der Waals surface area contributed by atoms with E-state index in [-0.39, 0.29) is 16.7 Å². The number of fused-ring (bicyclic) bond motifs is 2. The van der Waals surface area contributed by atoms with Crippen molar-refractivity contribution in [3.8, 4) is 11.5 Å². The van der Waals surface area contributed by atoms with Crippen LogP contribution in [0.4, 0.5) is 5.69 Å². The molecule has 9 heteroatoms. The Labute approximate surface area is 227 Å². The first-order valence-corrected chi connectivity index (χ1v) is 13.8. The third-order valence-electron chi connectivity index (χ3n) is 7.05. The van der Waals surface area contributed by atoms with Gasteiger partial charge >= 0.3 is 4.87 Å². The van der Waals surface area contributed by atoms with Crippen LogP contribution in [0.5, 0.6) is 11.5 Å². The summed E-state index contributed by atoms with van der Waals surface area (Å²) in [6.07, 6.45) is 0. The minimum absolute atomic E-state index is 0.210. The van der Waals surface area contributed by atoms with Gasteiger partial charge in [-0.2, -0.15) is 0 Å². The van der Waals surface area contributed by atoms with Crippen molar-refractivity contribution >= 4 is 40.6 Å². The minimum atomic E-state index is -0.684. The number of benzene rings is 3. The van der Waals surface area contributed by atoms with E-state index in [0.717, 1.165) is 32.9 Å². The van der Waals surface area contributed by atoms with E-state index in [0.29, 0.717) is 28.8 Å². The highest BCUT2D eigenvalue weighted by Crippen LogP contribution is 2.54. The quantitative estimate of drug-likeness (QED) is 0.339. The second kappa shape index (κ2) is 9.81. The lowest BCUT2D eigenvalue weighted by atomic mass is 9.82. The van der Waals surface area contributed by atoms with Gasteiger partial charge in [0.05, 0.1) is 23.7 Å². The molecule has 1 fully saturated rings. The SMILES string of the molecule is COc1ccc(N2C(=O)C3Sc4[nH]c(=O)sc4C(c4ccccc4OCc4ccccc4C)C3C2=O)cc1. The summed E-state index contributed by atoms with van der Waals surface area (Å²) in [4.78, 5) is 44.8. The molecule has 2 aliphatic heterocycles. The number of aromatic amines is 1. The largest absolute Gasteiger partial charge is 0.497 e. The Morgan fingerprint density at radius 3 is 2.42 bits per heavy atom. The molecule has 3 unspecified atom stereocenters. The van der Waals surface area contributed by atoms with E-state index in [2.05, 4.69) is 4.98 Å². The van der Waals surface area contributed by atoms with Crippen LogP contribution in [0.1, 0.15) is 27.5 Å². The topological polar surface area (TPSA) is 88.7 Å². The number of nitrogens with one attached hydrogen (secondary N) is 1. The van der Waals surface area contributed by atoms with Gasteiger partial charge in [0.15, 0.2) is 0 Å². The fourth-order valence-electron chi connectivity index (χ4n) is 5.13. The second-order valence-corrected chi connectivity index (χ2v) is 11.4. The minimum Gasteiger partial charge on any atom is -0.497 e. The van der Waals surface area contributed by atoms with Gasteiger partial charge in [-0.1, -0.05) is 65.6 Å². The number of amides is 2. The summed E-state index contributed by atoms with van der Waals surface area (Å²) in [5, 5.41) is -0.0329. The molecule has 0 aliphatic carbocycles. The second-order valence-electron chi connectivity index (χ2n) is 9.21. The fraction of sp³-hybridized carbons (Fsp3) is 0.207. The summed E-state index contributed by atoms with van der Waals surface area (Å²) in [7, 11) is 1.56. The Hall–Kier alpha value is -3.82. The van der Waals surface area contributed by atoms with Crippen LogP contribution in [0, 0.1) is 12.8 Å². The molecule has 3 atom stereocenters. The third kappa shape index (κ3) is 4.12. The molecule has 1 saturated heterocycles. The molecule has 0 radical (unpaired) electrons. The normalized spacial score (nSPS) is 20.3. The molecule has 0 spiro atoms. The van der Waals surface area contributed by atoms with Gasteiger partial charge in [-0.15, -0.1) is 0 Å². The molecule has 6 rings (SSSR count). The number of imide groups is 1. The lowest BCUT2D eigenvalue weighted by Crippen LogP contribution is -2.32. The zero-order chi connectivity index (χ0) is 26.4. The lowest BCUT2D eigenvalue weighted by molar-refractivity contribution is -0.122. The van der Waals surface area contributed by atoms with E-state index in [1.807, 2.05) is 55.5 Å². The summed E-state index contributed by atoms with van der Waals surface area (Å²) >= 11 is 2.35. The van der Waals surface area contributed by atoms with Crippen molar-refractivity contribution in [2.75, 3.05) is 12.0 Å². The van der Waals surface area contributed by atoms with Crippen LogP contribution < -0.4 is 19.2 Å². The van der Waals surface area contributed by atoms with Gasteiger partial charge in [0, 0.05) is 16.4 Å². The van der Waals surface area contributed by atoms with Crippen molar-refractivity contribution in [2.24, 2.45) is 5.92 Å². The summed E-state index contributed by atoms with van der Waals surface area (Å²) in [6.45, 7) is 2.40. The number of thioether (sulfide) groups is 1. The monoisotopic (exact) mass is 544 g/mol. The maximum atomic E-state index is 14.0. The Bertz CT molecular complexity index is 1590. The number of aromatic nitrogens is 1. The Morgan fingerprint density at radius 1 is 0.921 bits per heavy atom. The third-order valence-corrected chi connectivity index (χ3v) is 9.45. The van der Waals surface area contributed by atoms with Crippen LogP contribution >= 0.6 is 23.1 Å². The van der Waals surface area contributed by atoms with Crippen molar-refractivity contribution in [3.05, 3.63) is 104 Å². The van der Waals surface area contributed by atoms with Gasteiger partial charge in [0.2, 0.25) is 11.8 Å². The Kier molecular flexibility index (Phi) is 6.33. The van der Waals surface area contributed by atoms with E-state index in [4.69, 9.17) is 9.47 Å². The molecule has 0 saturated carbocycles. The number of aryl methyl sites for hydroxylation is 1. The van der Waals surface area contributed by atoms with Crippen LogP contribution in [0.15, 0.2) is 82.6 Å². The molecule has 192 valence electrons. The van der Waals surface area contributed by atoms with Gasteiger partial charge in [-0.3, -0.25) is 14.4 Å². The predicted molar refractivity (Wildman–Crippen MR) is 147 cm³/mol. The lowest BCUT2D eigenvalue weighted by Gasteiger charge is -2.30. The number of hydrogen-bond acceptors (Lipinski definition) is 7. The average Bonchev–Trinajstić information content (AvgIpc) is 3.42. The Balaban J connectivity index is 1.41. The molecule has 2 amide bonds. The zero-order valence-corrected chi connectivity index (χ0v) is 22.3. The maximum absolute atomic E-state index is 14.0. The predicted octanol–water partition coefficient (Wildman–Crippen LogP) is 5.13. The van der Waals surface area contributed by atoms with E-state index < -0.39 is 17.1 Å². The highest BCUT2D eigenvalue weighted by molar-refractivity contribution is 8.00. The zero-order valence-electron chi connectivity index (χ0n) is 20.7. The van der Waals surface area contributed by atoms with Crippen LogP contribution in [0.3, 0.4) is 0 Å². The number of ether oxygens (including phenoxy) is 2. The van der Waals surface area contributed by atoms with Gasteiger partial charge in [-0.25, -0.2) is 4.90 Å². The molecule has 1 aromatic heterocycles. The van der Waals surface area contributed by atoms with Crippen LogP contribution in [0.2, 0.25) is 0 Å². The number of para-hydroxylation sites is 1. The molecule has 7 nitrogen and oxygen atoms in total.